The van der Waals surface area contributed by atoms with E-state index in [2.05, 4.69) is 26.0 Å². The maximum atomic E-state index is 12.5. The smallest absolute Gasteiger partial charge is 0.320 e. The fraction of sp³-hybridized carbons (Fsp3) is 0.176. The molecule has 3 aromatic rings. The Kier molecular flexibility index (Phi) is 5.47. The lowest BCUT2D eigenvalue weighted by Gasteiger charge is -2.11. The highest BCUT2D eigenvalue weighted by Gasteiger charge is 2.13. The van der Waals surface area contributed by atoms with Gasteiger partial charge in [-0.15, -0.1) is 0 Å². The third kappa shape index (κ3) is 4.30. The normalized spacial score (nSPS) is 10.4. The first kappa shape index (κ1) is 18.1. The zero-order chi connectivity index (χ0) is 19.2. The molecular formula is C17H19N7O3. The molecule has 0 unspecified atom stereocenters. The standard InChI is InChI=1S/C17H19N7O3/c1-19-17(26)22-14-10-24-15(21-14)7-6-12(23-24)16(25)20-11-4-2-3-5-13(11)27-9-8-18/h2-7,10H,8-9,18H2,1H3,(H,20,25)(H2,19,22,26). The zero-order valence-electron chi connectivity index (χ0n) is 14.6. The molecule has 0 fully saturated rings. The van der Waals surface area contributed by atoms with Gasteiger partial charge in [0, 0.05) is 13.6 Å². The molecule has 0 aliphatic rings. The minimum Gasteiger partial charge on any atom is -0.490 e. The van der Waals surface area contributed by atoms with Crippen molar-refractivity contribution in [2.75, 3.05) is 30.8 Å². The number of nitrogens with zero attached hydrogens (tertiary/aromatic N) is 3. The van der Waals surface area contributed by atoms with Gasteiger partial charge in [-0.2, -0.15) is 5.10 Å². The molecular weight excluding hydrogens is 350 g/mol. The summed E-state index contributed by atoms with van der Waals surface area (Å²) in [5, 5.41) is 12.0. The Hall–Kier alpha value is -3.66. The first-order valence-corrected chi connectivity index (χ1v) is 8.19. The van der Waals surface area contributed by atoms with Crippen LogP contribution in [-0.2, 0) is 0 Å². The lowest BCUT2D eigenvalue weighted by atomic mass is 10.2. The predicted octanol–water partition coefficient (Wildman–Crippen LogP) is 1.07. The van der Waals surface area contributed by atoms with Gasteiger partial charge in [0.05, 0.1) is 11.9 Å². The summed E-state index contributed by atoms with van der Waals surface area (Å²) in [7, 11) is 1.50. The van der Waals surface area contributed by atoms with Gasteiger partial charge in [0.1, 0.15) is 18.1 Å². The van der Waals surface area contributed by atoms with Crippen LogP contribution in [0.15, 0.2) is 42.6 Å². The number of ether oxygens (including phenoxy) is 1. The second-order valence-electron chi connectivity index (χ2n) is 5.44. The molecule has 1 aromatic carbocycles. The molecule has 0 saturated carbocycles. The van der Waals surface area contributed by atoms with Crippen LogP contribution in [0.2, 0.25) is 0 Å². The van der Waals surface area contributed by atoms with Crippen molar-refractivity contribution in [3.05, 3.63) is 48.3 Å². The van der Waals surface area contributed by atoms with Gasteiger partial charge in [0.15, 0.2) is 11.5 Å². The summed E-state index contributed by atoms with van der Waals surface area (Å²) in [5.41, 5.74) is 6.64. The van der Waals surface area contributed by atoms with Crippen molar-refractivity contribution in [1.29, 1.82) is 0 Å². The number of anilines is 2. The number of imidazole rings is 1. The maximum Gasteiger partial charge on any atom is 0.320 e. The number of rotatable bonds is 6. The summed E-state index contributed by atoms with van der Waals surface area (Å²) in [5.74, 6) is 0.437. The SMILES string of the molecule is CNC(=O)Nc1cn2nc(C(=O)Nc3ccccc3OCCN)ccc2n1. The lowest BCUT2D eigenvalue weighted by molar-refractivity contribution is 0.102. The van der Waals surface area contributed by atoms with E-state index in [9.17, 15) is 9.59 Å². The highest BCUT2D eigenvalue weighted by molar-refractivity contribution is 6.03. The average Bonchev–Trinajstić information content (AvgIpc) is 3.08. The molecule has 10 nitrogen and oxygen atoms in total. The number of fused-ring (bicyclic) bond motifs is 1. The number of para-hydroxylation sites is 2. The van der Waals surface area contributed by atoms with Crippen LogP contribution in [0, 0.1) is 0 Å². The molecule has 0 atom stereocenters. The number of amides is 3. The van der Waals surface area contributed by atoms with Crippen LogP contribution in [0.1, 0.15) is 10.5 Å². The van der Waals surface area contributed by atoms with Crippen LogP contribution in [0.5, 0.6) is 5.75 Å². The number of carbonyl (C=O) groups excluding carboxylic acids is 2. The van der Waals surface area contributed by atoms with Gasteiger partial charge in [-0.1, -0.05) is 12.1 Å². The molecule has 10 heteroatoms. The maximum absolute atomic E-state index is 12.5. The number of nitrogens with one attached hydrogen (secondary N) is 3. The van der Waals surface area contributed by atoms with Crippen LogP contribution in [0.3, 0.4) is 0 Å². The summed E-state index contributed by atoms with van der Waals surface area (Å²) in [6, 6.07) is 9.84. The van der Waals surface area contributed by atoms with Gasteiger partial charge in [0.2, 0.25) is 0 Å². The van der Waals surface area contributed by atoms with Crippen molar-refractivity contribution >= 4 is 29.1 Å². The summed E-state index contributed by atoms with van der Waals surface area (Å²) in [6.45, 7) is 0.709. The molecule has 0 aliphatic heterocycles. The van der Waals surface area contributed by atoms with E-state index in [1.165, 1.54) is 17.8 Å². The summed E-state index contributed by atoms with van der Waals surface area (Å²) in [4.78, 5) is 28.1. The molecule has 0 spiro atoms. The Morgan fingerprint density at radius 3 is 2.78 bits per heavy atom. The van der Waals surface area contributed by atoms with Gasteiger partial charge in [-0.3, -0.25) is 10.1 Å². The molecule has 2 heterocycles. The van der Waals surface area contributed by atoms with Crippen molar-refractivity contribution in [2.24, 2.45) is 5.73 Å². The molecule has 3 amide bonds. The Morgan fingerprint density at radius 1 is 1.19 bits per heavy atom. The topological polar surface area (TPSA) is 136 Å². The second-order valence-corrected chi connectivity index (χ2v) is 5.44. The Bertz CT molecular complexity index is 970. The molecule has 5 N–H and O–H groups in total. The van der Waals surface area contributed by atoms with Crippen LogP contribution >= 0.6 is 0 Å². The van der Waals surface area contributed by atoms with Crippen LogP contribution in [0.25, 0.3) is 5.65 Å². The lowest BCUT2D eigenvalue weighted by Crippen LogP contribution is -2.24. The average molecular weight is 369 g/mol. The minimum atomic E-state index is -0.407. The van der Waals surface area contributed by atoms with Gasteiger partial charge < -0.3 is 21.1 Å². The van der Waals surface area contributed by atoms with E-state index in [1.54, 1.807) is 36.4 Å². The largest absolute Gasteiger partial charge is 0.490 e. The van der Waals surface area contributed by atoms with Gasteiger partial charge in [0.25, 0.3) is 5.91 Å². The number of carbonyl (C=O) groups is 2. The van der Waals surface area contributed by atoms with E-state index in [-0.39, 0.29) is 5.69 Å². The highest BCUT2D eigenvalue weighted by atomic mass is 16.5. The molecule has 140 valence electrons. The van der Waals surface area contributed by atoms with Crippen molar-refractivity contribution in [3.63, 3.8) is 0 Å². The number of benzene rings is 1. The molecule has 0 radical (unpaired) electrons. The molecule has 0 bridgehead atoms. The fourth-order valence-electron chi connectivity index (χ4n) is 2.29. The number of aromatic nitrogens is 3. The third-order valence-electron chi connectivity index (χ3n) is 3.53. The van der Waals surface area contributed by atoms with E-state index >= 15 is 0 Å². The summed E-state index contributed by atoms with van der Waals surface area (Å²) < 4.78 is 6.94. The van der Waals surface area contributed by atoms with E-state index in [4.69, 9.17) is 10.5 Å². The highest BCUT2D eigenvalue weighted by Crippen LogP contribution is 2.24. The monoisotopic (exact) mass is 369 g/mol. The first-order valence-electron chi connectivity index (χ1n) is 8.19. The van der Waals surface area contributed by atoms with Gasteiger partial charge in [-0.05, 0) is 24.3 Å². The summed E-state index contributed by atoms with van der Waals surface area (Å²) in [6.07, 6.45) is 1.51. The van der Waals surface area contributed by atoms with Crippen LogP contribution in [-0.4, -0.2) is 46.7 Å². The quantitative estimate of drug-likeness (QED) is 0.513. The zero-order valence-corrected chi connectivity index (χ0v) is 14.6. The van der Waals surface area contributed by atoms with Gasteiger partial charge >= 0.3 is 6.03 Å². The van der Waals surface area contributed by atoms with Crippen molar-refractivity contribution in [2.45, 2.75) is 0 Å². The number of urea groups is 1. The van der Waals surface area contributed by atoms with Crippen molar-refractivity contribution < 1.29 is 14.3 Å². The number of nitrogens with two attached hydrogens (primary N) is 1. The molecule has 0 saturated heterocycles. The third-order valence-corrected chi connectivity index (χ3v) is 3.53. The van der Waals surface area contributed by atoms with E-state index in [0.717, 1.165) is 0 Å². The second kappa shape index (κ2) is 8.15. The molecule has 3 rings (SSSR count). The molecule has 27 heavy (non-hydrogen) atoms. The van der Waals surface area contributed by atoms with Crippen LogP contribution in [0.4, 0.5) is 16.3 Å². The number of hydrogen-bond acceptors (Lipinski definition) is 6. The predicted molar refractivity (Wildman–Crippen MR) is 100 cm³/mol. The van der Waals surface area contributed by atoms with E-state index in [0.29, 0.717) is 36.1 Å². The van der Waals surface area contributed by atoms with Crippen LogP contribution < -0.4 is 26.4 Å². The van der Waals surface area contributed by atoms with Crippen molar-refractivity contribution in [1.82, 2.24) is 19.9 Å². The number of hydrogen-bond donors (Lipinski definition) is 4. The first-order chi connectivity index (χ1) is 13.1. The minimum absolute atomic E-state index is 0.181. The van der Waals surface area contributed by atoms with Gasteiger partial charge in [-0.25, -0.2) is 14.3 Å². The van der Waals surface area contributed by atoms with E-state index < -0.39 is 11.9 Å². The summed E-state index contributed by atoms with van der Waals surface area (Å²) >= 11 is 0. The Labute approximate surface area is 154 Å². The Morgan fingerprint density at radius 2 is 2.00 bits per heavy atom. The van der Waals surface area contributed by atoms with E-state index in [1.807, 2.05) is 0 Å². The Balaban J connectivity index is 1.79. The van der Waals surface area contributed by atoms with Crippen molar-refractivity contribution in [3.8, 4) is 5.75 Å². The fourth-order valence-corrected chi connectivity index (χ4v) is 2.29. The molecule has 2 aromatic heterocycles. The molecule has 0 aliphatic carbocycles.